The highest BCUT2D eigenvalue weighted by molar-refractivity contribution is 5.81. The smallest absolute Gasteiger partial charge is 0.193 e. The minimum atomic E-state index is 0.542. The molecular weight excluding hydrogens is 210 g/mol. The van der Waals surface area contributed by atoms with Gasteiger partial charge in [-0.05, 0) is 30.6 Å². The van der Waals surface area contributed by atoms with Crippen molar-refractivity contribution in [3.8, 4) is 0 Å². The third kappa shape index (κ3) is 3.14. The standard InChI is InChI=1S/C14H27N3/c1-12(2)10-14(6-4-5-7-14)11-16-13-15-8-9-17(13)3/h12H,4-11H2,1-3H3,(H,15,16). The predicted molar refractivity (Wildman–Crippen MR) is 73.3 cm³/mol. The van der Waals surface area contributed by atoms with Gasteiger partial charge in [0.25, 0.3) is 0 Å². The summed E-state index contributed by atoms with van der Waals surface area (Å²) in [6.45, 7) is 7.84. The molecule has 3 nitrogen and oxygen atoms in total. The fraction of sp³-hybridized carbons (Fsp3) is 0.929. The Balaban J connectivity index is 1.89. The first-order valence-corrected chi connectivity index (χ1v) is 7.11. The fourth-order valence-corrected chi connectivity index (χ4v) is 3.43. The molecule has 98 valence electrons. The Kier molecular flexibility index (Phi) is 3.95. The molecule has 17 heavy (non-hydrogen) atoms. The number of guanidine groups is 1. The summed E-state index contributed by atoms with van der Waals surface area (Å²) in [5.74, 6) is 1.91. The number of nitrogens with zero attached hydrogens (tertiary/aromatic N) is 2. The predicted octanol–water partition coefficient (Wildman–Crippen LogP) is 2.48. The Labute approximate surface area is 106 Å². The molecule has 0 saturated heterocycles. The molecular formula is C14H27N3. The topological polar surface area (TPSA) is 27.6 Å². The molecule has 0 radical (unpaired) electrons. The van der Waals surface area contributed by atoms with E-state index in [-0.39, 0.29) is 0 Å². The molecule has 0 bridgehead atoms. The van der Waals surface area contributed by atoms with Gasteiger partial charge >= 0.3 is 0 Å². The van der Waals surface area contributed by atoms with Gasteiger partial charge in [-0.3, -0.25) is 4.99 Å². The lowest BCUT2D eigenvalue weighted by atomic mass is 9.78. The van der Waals surface area contributed by atoms with Crippen molar-refractivity contribution in [2.24, 2.45) is 16.3 Å². The summed E-state index contributed by atoms with van der Waals surface area (Å²) >= 11 is 0. The molecule has 0 atom stereocenters. The van der Waals surface area contributed by atoms with Crippen molar-refractivity contribution in [2.45, 2.75) is 46.0 Å². The summed E-state index contributed by atoms with van der Waals surface area (Å²) < 4.78 is 0. The highest BCUT2D eigenvalue weighted by atomic mass is 15.3. The van der Waals surface area contributed by atoms with E-state index in [2.05, 4.69) is 36.1 Å². The van der Waals surface area contributed by atoms with Crippen molar-refractivity contribution in [2.75, 3.05) is 26.7 Å². The molecule has 1 N–H and O–H groups in total. The lowest BCUT2D eigenvalue weighted by Crippen LogP contribution is -2.42. The molecule has 1 saturated carbocycles. The van der Waals surface area contributed by atoms with E-state index in [1.54, 1.807) is 0 Å². The first-order valence-electron chi connectivity index (χ1n) is 7.11. The van der Waals surface area contributed by atoms with E-state index in [1.165, 1.54) is 32.1 Å². The minimum absolute atomic E-state index is 0.542. The third-order valence-electron chi connectivity index (χ3n) is 4.19. The van der Waals surface area contributed by atoms with Gasteiger partial charge in [-0.25, -0.2) is 0 Å². The molecule has 3 heteroatoms. The Morgan fingerprint density at radius 1 is 1.35 bits per heavy atom. The average Bonchev–Trinajstić information content (AvgIpc) is 2.85. The van der Waals surface area contributed by atoms with E-state index in [4.69, 9.17) is 0 Å². The maximum absolute atomic E-state index is 4.52. The number of nitrogens with one attached hydrogen (secondary N) is 1. The molecule has 2 aliphatic rings. The Morgan fingerprint density at radius 2 is 2.06 bits per heavy atom. The quantitative estimate of drug-likeness (QED) is 0.813. The maximum atomic E-state index is 4.52. The molecule has 0 unspecified atom stereocenters. The number of rotatable bonds is 4. The number of likely N-dealkylation sites (N-methyl/N-ethyl adjacent to an activating group) is 1. The minimum Gasteiger partial charge on any atom is -0.356 e. The number of hydrogen-bond donors (Lipinski definition) is 1. The van der Waals surface area contributed by atoms with E-state index in [1.807, 2.05) is 0 Å². The lowest BCUT2D eigenvalue weighted by Gasteiger charge is -2.32. The molecule has 1 fully saturated rings. The summed E-state index contributed by atoms with van der Waals surface area (Å²) in [7, 11) is 2.13. The van der Waals surface area contributed by atoms with Gasteiger partial charge in [0.05, 0.1) is 6.54 Å². The average molecular weight is 237 g/mol. The zero-order valence-corrected chi connectivity index (χ0v) is 11.6. The van der Waals surface area contributed by atoms with Crippen LogP contribution in [0.25, 0.3) is 0 Å². The van der Waals surface area contributed by atoms with Gasteiger partial charge in [-0.15, -0.1) is 0 Å². The largest absolute Gasteiger partial charge is 0.356 e. The van der Waals surface area contributed by atoms with Crippen LogP contribution in [-0.2, 0) is 0 Å². The van der Waals surface area contributed by atoms with Gasteiger partial charge in [-0.2, -0.15) is 0 Å². The van der Waals surface area contributed by atoms with E-state index in [0.29, 0.717) is 5.41 Å². The molecule has 0 aromatic rings. The van der Waals surface area contributed by atoms with Crippen LogP contribution in [0.15, 0.2) is 4.99 Å². The SMILES string of the molecule is CC(C)CC1(CNC2=NCCN2C)CCCC1. The first-order chi connectivity index (χ1) is 8.11. The van der Waals surface area contributed by atoms with Crippen LogP contribution in [0.2, 0.25) is 0 Å². The van der Waals surface area contributed by atoms with Crippen LogP contribution >= 0.6 is 0 Å². The Bertz CT molecular complexity index is 277. The lowest BCUT2D eigenvalue weighted by molar-refractivity contribution is 0.233. The van der Waals surface area contributed by atoms with Gasteiger partial charge in [-0.1, -0.05) is 26.7 Å². The van der Waals surface area contributed by atoms with Crippen LogP contribution in [0, 0.1) is 11.3 Å². The summed E-state index contributed by atoms with van der Waals surface area (Å²) in [5.41, 5.74) is 0.542. The van der Waals surface area contributed by atoms with Crippen molar-refractivity contribution >= 4 is 5.96 Å². The van der Waals surface area contributed by atoms with E-state index >= 15 is 0 Å². The summed E-state index contributed by atoms with van der Waals surface area (Å²) in [6.07, 6.45) is 6.98. The first kappa shape index (κ1) is 12.7. The van der Waals surface area contributed by atoms with Crippen LogP contribution in [0.3, 0.4) is 0 Å². The van der Waals surface area contributed by atoms with Crippen LogP contribution in [0.5, 0.6) is 0 Å². The summed E-state index contributed by atoms with van der Waals surface area (Å²) in [4.78, 5) is 6.75. The van der Waals surface area contributed by atoms with Gasteiger partial charge in [0.1, 0.15) is 0 Å². The molecule has 0 aromatic carbocycles. The van der Waals surface area contributed by atoms with Crippen molar-refractivity contribution in [1.29, 1.82) is 0 Å². The highest BCUT2D eigenvalue weighted by Gasteiger charge is 2.34. The van der Waals surface area contributed by atoms with Gasteiger partial charge < -0.3 is 10.2 Å². The van der Waals surface area contributed by atoms with E-state index < -0.39 is 0 Å². The van der Waals surface area contributed by atoms with Gasteiger partial charge in [0.2, 0.25) is 0 Å². The second-order valence-electron chi connectivity index (χ2n) is 6.29. The Hall–Kier alpha value is -0.730. The Morgan fingerprint density at radius 3 is 2.59 bits per heavy atom. The maximum Gasteiger partial charge on any atom is 0.193 e. The molecule has 1 heterocycles. The number of hydrogen-bond acceptors (Lipinski definition) is 3. The monoisotopic (exact) mass is 237 g/mol. The second kappa shape index (κ2) is 5.28. The summed E-state index contributed by atoms with van der Waals surface area (Å²) in [6, 6.07) is 0. The van der Waals surface area contributed by atoms with Crippen molar-refractivity contribution in [1.82, 2.24) is 10.2 Å². The highest BCUT2D eigenvalue weighted by Crippen LogP contribution is 2.42. The van der Waals surface area contributed by atoms with Crippen LogP contribution in [0.4, 0.5) is 0 Å². The van der Waals surface area contributed by atoms with Crippen molar-refractivity contribution < 1.29 is 0 Å². The van der Waals surface area contributed by atoms with Crippen LogP contribution < -0.4 is 5.32 Å². The van der Waals surface area contributed by atoms with E-state index in [9.17, 15) is 0 Å². The zero-order valence-electron chi connectivity index (χ0n) is 11.6. The normalized spacial score (nSPS) is 23.3. The molecule has 0 spiro atoms. The van der Waals surface area contributed by atoms with Crippen molar-refractivity contribution in [3.05, 3.63) is 0 Å². The molecule has 1 aliphatic carbocycles. The van der Waals surface area contributed by atoms with Gasteiger partial charge in [0, 0.05) is 20.1 Å². The van der Waals surface area contributed by atoms with Crippen LogP contribution in [-0.4, -0.2) is 37.5 Å². The molecule has 0 aromatic heterocycles. The molecule has 0 amide bonds. The van der Waals surface area contributed by atoms with Crippen LogP contribution in [0.1, 0.15) is 46.0 Å². The van der Waals surface area contributed by atoms with Gasteiger partial charge in [0.15, 0.2) is 5.96 Å². The number of aliphatic imine (C=N–C) groups is 1. The third-order valence-corrected chi connectivity index (χ3v) is 4.19. The molecule has 1 aliphatic heterocycles. The zero-order chi connectivity index (χ0) is 12.3. The van der Waals surface area contributed by atoms with Crippen molar-refractivity contribution in [3.63, 3.8) is 0 Å². The molecule has 2 rings (SSSR count). The van der Waals surface area contributed by atoms with E-state index in [0.717, 1.165) is 31.5 Å². The summed E-state index contributed by atoms with van der Waals surface area (Å²) in [5, 5.41) is 3.60. The second-order valence-corrected chi connectivity index (χ2v) is 6.29. The fourth-order valence-electron chi connectivity index (χ4n) is 3.43.